The number of halogens is 3. The van der Waals surface area contributed by atoms with Gasteiger partial charge >= 0.3 is 0 Å². The molecule has 0 unspecified atom stereocenters. The molecule has 0 aliphatic rings. The molecule has 0 spiro atoms. The Bertz CT molecular complexity index is 1380. The first-order valence-corrected chi connectivity index (χ1v) is 10.6. The third kappa shape index (κ3) is 3.97. The molecule has 4 aromatic rings. The SMILES string of the molecule is Cc1ccc(-c2cc(-c3ccc(F)c(F)c3F)nn2-c2ccc(S(N)(=O)=O)cc2)cc1. The minimum Gasteiger partial charge on any atom is -0.232 e. The molecular formula is C22H16F3N3O2S. The topological polar surface area (TPSA) is 78.0 Å². The molecule has 0 aliphatic carbocycles. The third-order valence-electron chi connectivity index (χ3n) is 4.78. The van der Waals surface area contributed by atoms with Gasteiger partial charge in [0.2, 0.25) is 10.0 Å². The highest BCUT2D eigenvalue weighted by Gasteiger charge is 2.20. The smallest absolute Gasteiger partial charge is 0.232 e. The van der Waals surface area contributed by atoms with E-state index in [1.54, 1.807) is 6.07 Å². The second-order valence-corrected chi connectivity index (χ2v) is 8.52. The molecule has 0 aliphatic heterocycles. The summed E-state index contributed by atoms with van der Waals surface area (Å²) in [4.78, 5) is -0.0767. The fourth-order valence-electron chi connectivity index (χ4n) is 3.14. The first kappa shape index (κ1) is 20.8. The summed E-state index contributed by atoms with van der Waals surface area (Å²) in [6, 6.07) is 16.6. The molecule has 9 heteroatoms. The van der Waals surface area contributed by atoms with E-state index in [0.717, 1.165) is 23.3 Å². The van der Waals surface area contributed by atoms with Gasteiger partial charge in [-0.05, 0) is 49.4 Å². The van der Waals surface area contributed by atoms with Crippen molar-refractivity contribution in [2.75, 3.05) is 0 Å². The van der Waals surface area contributed by atoms with Gasteiger partial charge in [-0.1, -0.05) is 29.8 Å². The summed E-state index contributed by atoms with van der Waals surface area (Å²) in [6.07, 6.45) is 0. The molecule has 4 rings (SSSR count). The van der Waals surface area contributed by atoms with Crippen LogP contribution < -0.4 is 5.14 Å². The lowest BCUT2D eigenvalue weighted by molar-refractivity contribution is 0.448. The summed E-state index contributed by atoms with van der Waals surface area (Å²) in [5.74, 6) is -4.22. The van der Waals surface area contributed by atoms with E-state index in [0.29, 0.717) is 11.4 Å². The molecule has 0 bridgehead atoms. The van der Waals surface area contributed by atoms with Crippen molar-refractivity contribution in [3.05, 3.63) is 89.7 Å². The standard InChI is InChI=1S/C22H16F3N3O2S/c1-13-2-4-14(5-3-13)20-12-19(17-10-11-18(23)22(25)21(17)24)27-28(20)15-6-8-16(9-7-15)31(26,29)30/h2-12H,1H3,(H2,26,29,30). The van der Waals surface area contributed by atoms with Crippen molar-refractivity contribution < 1.29 is 21.6 Å². The second kappa shape index (κ2) is 7.68. The third-order valence-corrected chi connectivity index (χ3v) is 5.71. The molecule has 0 amide bonds. The second-order valence-electron chi connectivity index (χ2n) is 6.95. The molecule has 31 heavy (non-hydrogen) atoms. The predicted octanol–water partition coefficient (Wildman–Crippen LogP) is 4.58. The van der Waals surface area contributed by atoms with Crippen molar-refractivity contribution in [2.45, 2.75) is 11.8 Å². The Balaban J connectivity index is 1.91. The van der Waals surface area contributed by atoms with Crippen LogP contribution in [0.3, 0.4) is 0 Å². The van der Waals surface area contributed by atoms with Gasteiger partial charge in [0.1, 0.15) is 0 Å². The lowest BCUT2D eigenvalue weighted by Crippen LogP contribution is -2.12. The van der Waals surface area contributed by atoms with Crippen LogP contribution in [0.4, 0.5) is 13.2 Å². The maximum atomic E-state index is 14.4. The largest absolute Gasteiger partial charge is 0.238 e. The summed E-state index contributed by atoms with van der Waals surface area (Å²) in [7, 11) is -3.88. The quantitative estimate of drug-likeness (QED) is 0.469. The predicted molar refractivity (Wildman–Crippen MR) is 110 cm³/mol. The van der Waals surface area contributed by atoms with Crippen LogP contribution in [0.5, 0.6) is 0 Å². The molecule has 0 fully saturated rings. The molecule has 0 saturated heterocycles. The van der Waals surface area contributed by atoms with Crippen LogP contribution in [-0.4, -0.2) is 18.2 Å². The van der Waals surface area contributed by atoms with E-state index in [9.17, 15) is 21.6 Å². The Morgan fingerprint density at radius 1 is 0.871 bits per heavy atom. The minimum atomic E-state index is -3.88. The average Bonchev–Trinajstić information content (AvgIpc) is 3.17. The normalized spacial score (nSPS) is 11.6. The number of nitrogens with zero attached hydrogens (tertiary/aromatic N) is 2. The summed E-state index contributed by atoms with van der Waals surface area (Å²) >= 11 is 0. The van der Waals surface area contributed by atoms with Crippen molar-refractivity contribution >= 4 is 10.0 Å². The Morgan fingerprint density at radius 3 is 2.13 bits per heavy atom. The van der Waals surface area contributed by atoms with Crippen molar-refractivity contribution in [3.63, 3.8) is 0 Å². The fourth-order valence-corrected chi connectivity index (χ4v) is 3.66. The van der Waals surface area contributed by atoms with E-state index in [-0.39, 0.29) is 16.2 Å². The highest BCUT2D eigenvalue weighted by Crippen LogP contribution is 2.31. The molecule has 2 N–H and O–H groups in total. The van der Waals surface area contributed by atoms with Crippen LogP contribution in [-0.2, 0) is 10.0 Å². The first-order valence-electron chi connectivity index (χ1n) is 9.09. The van der Waals surface area contributed by atoms with E-state index >= 15 is 0 Å². The lowest BCUT2D eigenvalue weighted by Gasteiger charge is -2.09. The monoisotopic (exact) mass is 443 g/mol. The van der Waals surface area contributed by atoms with Crippen LogP contribution in [0.1, 0.15) is 5.56 Å². The number of rotatable bonds is 4. The molecular weight excluding hydrogens is 427 g/mol. The Hall–Kier alpha value is -3.43. The van der Waals surface area contributed by atoms with Crippen molar-refractivity contribution in [1.82, 2.24) is 9.78 Å². The van der Waals surface area contributed by atoms with Crippen LogP contribution in [0, 0.1) is 24.4 Å². The summed E-state index contributed by atoms with van der Waals surface area (Å²) in [6.45, 7) is 1.93. The fraction of sp³-hybridized carbons (Fsp3) is 0.0455. The average molecular weight is 443 g/mol. The Kier molecular flexibility index (Phi) is 5.16. The van der Waals surface area contributed by atoms with Crippen LogP contribution in [0.15, 0.2) is 71.6 Å². The Morgan fingerprint density at radius 2 is 1.52 bits per heavy atom. The van der Waals surface area contributed by atoms with Crippen LogP contribution >= 0.6 is 0 Å². The number of aromatic nitrogens is 2. The highest BCUT2D eigenvalue weighted by molar-refractivity contribution is 7.89. The van der Waals surface area contributed by atoms with Crippen molar-refractivity contribution in [1.29, 1.82) is 0 Å². The summed E-state index contributed by atoms with van der Waals surface area (Å²) in [5.41, 5.74) is 2.66. The van der Waals surface area contributed by atoms with E-state index in [1.165, 1.54) is 28.9 Å². The molecule has 3 aromatic carbocycles. The number of benzene rings is 3. The van der Waals surface area contributed by atoms with Gasteiger partial charge in [-0.25, -0.2) is 31.4 Å². The molecule has 5 nitrogen and oxygen atoms in total. The minimum absolute atomic E-state index is 0.0767. The maximum absolute atomic E-state index is 14.4. The molecule has 1 aromatic heterocycles. The van der Waals surface area contributed by atoms with Crippen LogP contribution in [0.2, 0.25) is 0 Å². The zero-order chi connectivity index (χ0) is 22.3. The first-order chi connectivity index (χ1) is 14.6. The highest BCUT2D eigenvalue weighted by atomic mass is 32.2. The van der Waals surface area contributed by atoms with E-state index in [2.05, 4.69) is 5.10 Å². The van der Waals surface area contributed by atoms with Gasteiger partial charge in [0.25, 0.3) is 0 Å². The van der Waals surface area contributed by atoms with Gasteiger partial charge in [0.05, 0.1) is 22.0 Å². The van der Waals surface area contributed by atoms with E-state index in [1.807, 2.05) is 31.2 Å². The summed E-state index contributed by atoms with van der Waals surface area (Å²) < 4.78 is 66.1. The van der Waals surface area contributed by atoms with Gasteiger partial charge in [0, 0.05) is 11.1 Å². The van der Waals surface area contributed by atoms with E-state index in [4.69, 9.17) is 5.14 Å². The molecule has 158 valence electrons. The number of nitrogens with two attached hydrogens (primary N) is 1. The maximum Gasteiger partial charge on any atom is 0.238 e. The van der Waals surface area contributed by atoms with E-state index < -0.39 is 27.5 Å². The van der Waals surface area contributed by atoms with Crippen LogP contribution in [0.25, 0.3) is 28.2 Å². The van der Waals surface area contributed by atoms with Gasteiger partial charge in [-0.3, -0.25) is 0 Å². The molecule has 0 atom stereocenters. The van der Waals surface area contributed by atoms with Crippen molar-refractivity contribution in [2.24, 2.45) is 5.14 Å². The molecule has 1 heterocycles. The zero-order valence-electron chi connectivity index (χ0n) is 16.2. The number of hydrogen-bond acceptors (Lipinski definition) is 3. The number of sulfonamides is 1. The van der Waals surface area contributed by atoms with Gasteiger partial charge < -0.3 is 0 Å². The zero-order valence-corrected chi connectivity index (χ0v) is 17.0. The number of primary sulfonamides is 1. The van der Waals surface area contributed by atoms with Gasteiger partial charge in [0.15, 0.2) is 17.5 Å². The van der Waals surface area contributed by atoms with Gasteiger partial charge in [-0.2, -0.15) is 5.10 Å². The lowest BCUT2D eigenvalue weighted by atomic mass is 10.1. The number of hydrogen-bond donors (Lipinski definition) is 1. The number of aryl methyl sites for hydroxylation is 1. The van der Waals surface area contributed by atoms with Crippen molar-refractivity contribution in [3.8, 4) is 28.2 Å². The molecule has 0 radical (unpaired) electrons. The molecule has 0 saturated carbocycles. The summed E-state index contributed by atoms with van der Waals surface area (Å²) in [5, 5.41) is 9.53. The van der Waals surface area contributed by atoms with Gasteiger partial charge in [-0.15, -0.1) is 0 Å². The Labute approximate surface area is 176 Å².